The molecule has 2 rings (SSSR count). The minimum absolute atomic E-state index is 0.123. The van der Waals surface area contributed by atoms with Crippen LogP contribution in [0.3, 0.4) is 0 Å². The van der Waals surface area contributed by atoms with Gasteiger partial charge in [-0.15, -0.1) is 0 Å². The number of carboxylic acids is 1. The standard InChI is InChI=1S/C16H14ClNO3/c17-12-6-8-13(9-7-12)18-14(16(20)21)10-15(19)11-4-2-1-3-5-11/h1-9,14,18H,10H2,(H,20,21)/t14-/m0/s1. The van der Waals surface area contributed by atoms with Crippen LogP contribution in [-0.2, 0) is 4.79 Å². The highest BCUT2D eigenvalue weighted by Crippen LogP contribution is 2.16. The molecule has 21 heavy (non-hydrogen) atoms. The van der Waals surface area contributed by atoms with Crippen LogP contribution in [0, 0.1) is 0 Å². The van der Waals surface area contributed by atoms with Crippen molar-refractivity contribution in [1.82, 2.24) is 0 Å². The molecule has 0 spiro atoms. The molecule has 0 bridgehead atoms. The summed E-state index contributed by atoms with van der Waals surface area (Å²) < 4.78 is 0. The second-order valence-corrected chi connectivity index (χ2v) is 4.97. The average molecular weight is 304 g/mol. The summed E-state index contributed by atoms with van der Waals surface area (Å²) in [5.41, 5.74) is 1.11. The lowest BCUT2D eigenvalue weighted by atomic mass is 10.0. The first-order chi connectivity index (χ1) is 10.1. The van der Waals surface area contributed by atoms with E-state index < -0.39 is 12.0 Å². The fraction of sp³-hybridized carbons (Fsp3) is 0.125. The molecule has 0 aliphatic rings. The van der Waals surface area contributed by atoms with E-state index in [2.05, 4.69) is 5.32 Å². The van der Waals surface area contributed by atoms with Gasteiger partial charge in [0.05, 0.1) is 0 Å². The molecular formula is C16H14ClNO3. The molecule has 4 nitrogen and oxygen atoms in total. The van der Waals surface area contributed by atoms with Crippen LogP contribution in [0.4, 0.5) is 5.69 Å². The van der Waals surface area contributed by atoms with Crippen LogP contribution in [0.15, 0.2) is 54.6 Å². The number of rotatable bonds is 6. The van der Waals surface area contributed by atoms with Gasteiger partial charge in [0, 0.05) is 22.7 Å². The molecule has 0 unspecified atom stereocenters. The third-order valence-corrected chi connectivity index (χ3v) is 3.22. The van der Waals surface area contributed by atoms with E-state index in [1.165, 1.54) is 0 Å². The first-order valence-corrected chi connectivity index (χ1v) is 6.77. The molecule has 0 amide bonds. The highest BCUT2D eigenvalue weighted by Gasteiger charge is 2.21. The normalized spacial score (nSPS) is 11.7. The van der Waals surface area contributed by atoms with Crippen LogP contribution in [0.25, 0.3) is 0 Å². The van der Waals surface area contributed by atoms with Gasteiger partial charge in [0.15, 0.2) is 5.78 Å². The maximum atomic E-state index is 12.1. The Morgan fingerprint density at radius 1 is 1.05 bits per heavy atom. The third-order valence-electron chi connectivity index (χ3n) is 2.97. The van der Waals surface area contributed by atoms with Gasteiger partial charge in [-0.2, -0.15) is 0 Å². The van der Waals surface area contributed by atoms with Crippen molar-refractivity contribution in [3.05, 3.63) is 65.2 Å². The number of carboxylic acid groups (broad SMARTS) is 1. The van der Waals surface area contributed by atoms with Crippen LogP contribution in [0.5, 0.6) is 0 Å². The fourth-order valence-corrected chi connectivity index (χ4v) is 2.00. The van der Waals surface area contributed by atoms with Crippen LogP contribution in [-0.4, -0.2) is 22.9 Å². The van der Waals surface area contributed by atoms with Crippen molar-refractivity contribution in [2.24, 2.45) is 0 Å². The number of halogens is 1. The Morgan fingerprint density at radius 3 is 2.24 bits per heavy atom. The van der Waals surface area contributed by atoms with Gasteiger partial charge in [-0.1, -0.05) is 41.9 Å². The van der Waals surface area contributed by atoms with E-state index in [-0.39, 0.29) is 12.2 Å². The number of anilines is 1. The number of Topliss-reactive ketones (excluding diaryl/α,β-unsaturated/α-hetero) is 1. The van der Waals surface area contributed by atoms with Gasteiger partial charge in [-0.3, -0.25) is 4.79 Å². The van der Waals surface area contributed by atoms with E-state index in [9.17, 15) is 14.7 Å². The minimum Gasteiger partial charge on any atom is -0.480 e. The van der Waals surface area contributed by atoms with Crippen molar-refractivity contribution in [2.45, 2.75) is 12.5 Å². The molecule has 2 N–H and O–H groups in total. The second-order valence-electron chi connectivity index (χ2n) is 4.54. The zero-order valence-electron chi connectivity index (χ0n) is 11.1. The predicted molar refractivity (Wildman–Crippen MR) is 81.9 cm³/mol. The van der Waals surface area contributed by atoms with E-state index in [4.69, 9.17) is 11.6 Å². The fourth-order valence-electron chi connectivity index (χ4n) is 1.87. The van der Waals surface area contributed by atoms with Crippen molar-refractivity contribution in [3.63, 3.8) is 0 Å². The number of carbonyl (C=O) groups excluding carboxylic acids is 1. The van der Waals surface area contributed by atoms with Crippen LogP contribution >= 0.6 is 11.6 Å². The molecule has 0 saturated carbocycles. The summed E-state index contributed by atoms with van der Waals surface area (Å²) >= 11 is 5.78. The zero-order chi connectivity index (χ0) is 15.2. The summed E-state index contributed by atoms with van der Waals surface area (Å²) in [6, 6.07) is 14.3. The number of carbonyl (C=O) groups is 2. The molecular weight excluding hydrogens is 290 g/mol. The van der Waals surface area contributed by atoms with Gasteiger partial charge in [0.2, 0.25) is 0 Å². The molecule has 5 heteroatoms. The lowest BCUT2D eigenvalue weighted by Crippen LogP contribution is -2.31. The van der Waals surface area contributed by atoms with Crippen LogP contribution < -0.4 is 5.32 Å². The highest BCUT2D eigenvalue weighted by molar-refractivity contribution is 6.30. The zero-order valence-corrected chi connectivity index (χ0v) is 11.9. The maximum absolute atomic E-state index is 12.1. The molecule has 0 aromatic heterocycles. The summed E-state index contributed by atoms with van der Waals surface area (Å²) in [5.74, 6) is -1.29. The van der Waals surface area contributed by atoms with Crippen LogP contribution in [0.2, 0.25) is 5.02 Å². The van der Waals surface area contributed by atoms with Gasteiger partial charge >= 0.3 is 5.97 Å². The first kappa shape index (κ1) is 15.1. The van der Waals surface area contributed by atoms with E-state index in [1.54, 1.807) is 54.6 Å². The van der Waals surface area contributed by atoms with Gasteiger partial charge in [-0.05, 0) is 24.3 Å². The van der Waals surface area contributed by atoms with Gasteiger partial charge in [0.1, 0.15) is 6.04 Å². The number of benzene rings is 2. The molecule has 2 aromatic rings. The van der Waals surface area contributed by atoms with Crippen molar-refractivity contribution >= 4 is 29.0 Å². The van der Waals surface area contributed by atoms with Crippen molar-refractivity contribution in [1.29, 1.82) is 0 Å². The predicted octanol–water partition coefficient (Wildman–Crippen LogP) is 3.48. The quantitative estimate of drug-likeness (QED) is 0.802. The lowest BCUT2D eigenvalue weighted by Gasteiger charge is -2.15. The molecule has 1 atom stereocenters. The van der Waals surface area contributed by atoms with E-state index in [0.717, 1.165) is 0 Å². The first-order valence-electron chi connectivity index (χ1n) is 6.39. The van der Waals surface area contributed by atoms with E-state index in [1.807, 2.05) is 0 Å². The summed E-state index contributed by atoms with van der Waals surface area (Å²) in [7, 11) is 0. The largest absolute Gasteiger partial charge is 0.480 e. The minimum atomic E-state index is -1.07. The Morgan fingerprint density at radius 2 is 1.67 bits per heavy atom. The Bertz CT molecular complexity index is 626. The average Bonchev–Trinajstić information content (AvgIpc) is 2.49. The number of ketones is 1. The molecule has 0 aliphatic carbocycles. The second kappa shape index (κ2) is 6.90. The Balaban J connectivity index is 2.07. The van der Waals surface area contributed by atoms with Gasteiger partial charge in [-0.25, -0.2) is 4.79 Å². The molecule has 108 valence electrons. The van der Waals surface area contributed by atoms with E-state index in [0.29, 0.717) is 16.3 Å². The summed E-state index contributed by atoms with van der Waals surface area (Å²) in [4.78, 5) is 23.4. The SMILES string of the molecule is O=C(C[C@H](Nc1ccc(Cl)cc1)C(=O)O)c1ccccc1. The monoisotopic (exact) mass is 303 g/mol. The van der Waals surface area contributed by atoms with Gasteiger partial charge < -0.3 is 10.4 Å². The molecule has 0 aliphatic heterocycles. The van der Waals surface area contributed by atoms with Crippen molar-refractivity contribution in [2.75, 3.05) is 5.32 Å². The number of aliphatic carboxylic acids is 1. The topological polar surface area (TPSA) is 66.4 Å². The van der Waals surface area contributed by atoms with Crippen molar-refractivity contribution in [3.8, 4) is 0 Å². The number of hydrogen-bond donors (Lipinski definition) is 2. The van der Waals surface area contributed by atoms with E-state index >= 15 is 0 Å². The summed E-state index contributed by atoms with van der Waals surface area (Å²) in [5, 5.41) is 12.6. The lowest BCUT2D eigenvalue weighted by molar-refractivity contribution is -0.137. The van der Waals surface area contributed by atoms with Crippen LogP contribution in [0.1, 0.15) is 16.8 Å². The smallest absolute Gasteiger partial charge is 0.326 e. The molecule has 0 fully saturated rings. The Hall–Kier alpha value is -2.33. The number of nitrogens with one attached hydrogen (secondary N) is 1. The maximum Gasteiger partial charge on any atom is 0.326 e. The van der Waals surface area contributed by atoms with Gasteiger partial charge in [0.25, 0.3) is 0 Å². The Labute approximate surface area is 127 Å². The molecule has 0 heterocycles. The number of hydrogen-bond acceptors (Lipinski definition) is 3. The summed E-state index contributed by atoms with van der Waals surface area (Å²) in [6.07, 6.45) is -0.123. The third kappa shape index (κ3) is 4.33. The highest BCUT2D eigenvalue weighted by atomic mass is 35.5. The molecule has 2 aromatic carbocycles. The summed E-state index contributed by atoms with van der Waals surface area (Å²) in [6.45, 7) is 0. The molecule has 0 radical (unpaired) electrons. The van der Waals surface area contributed by atoms with Crippen molar-refractivity contribution < 1.29 is 14.7 Å². The Kier molecular flexibility index (Phi) is 4.95. The molecule has 0 saturated heterocycles.